The molecule has 4 nitrogen and oxygen atoms in total. The van der Waals surface area contributed by atoms with Crippen molar-refractivity contribution in [3.63, 3.8) is 0 Å². The van der Waals surface area contributed by atoms with Gasteiger partial charge in [0.05, 0.1) is 13.2 Å². The fraction of sp³-hybridized carbons (Fsp3) is 1.00. The van der Waals surface area contributed by atoms with Crippen LogP contribution in [0.5, 0.6) is 0 Å². The van der Waals surface area contributed by atoms with Crippen molar-refractivity contribution in [3.05, 3.63) is 0 Å². The molecule has 15 heavy (non-hydrogen) atoms. The van der Waals surface area contributed by atoms with Crippen LogP contribution in [0.1, 0.15) is 12.8 Å². The van der Waals surface area contributed by atoms with Gasteiger partial charge in [0, 0.05) is 32.8 Å². The molecule has 0 bridgehead atoms. The predicted octanol–water partition coefficient (Wildman–Crippen LogP) is 0.333. The van der Waals surface area contributed by atoms with E-state index in [1.54, 1.807) is 7.11 Å². The Morgan fingerprint density at radius 3 is 2.87 bits per heavy atom. The summed E-state index contributed by atoms with van der Waals surface area (Å²) in [7, 11) is 3.74. The van der Waals surface area contributed by atoms with Crippen LogP contribution in [-0.2, 0) is 9.47 Å². The van der Waals surface area contributed by atoms with Gasteiger partial charge in [0.2, 0.25) is 0 Å². The van der Waals surface area contributed by atoms with Crippen molar-refractivity contribution in [1.29, 1.82) is 0 Å². The number of methoxy groups -OCH3 is 1. The molecule has 1 unspecified atom stereocenters. The minimum Gasteiger partial charge on any atom is -0.382 e. The van der Waals surface area contributed by atoms with Crippen molar-refractivity contribution in [2.24, 2.45) is 0 Å². The molecule has 0 aromatic rings. The summed E-state index contributed by atoms with van der Waals surface area (Å²) in [4.78, 5) is 2.50. The van der Waals surface area contributed by atoms with E-state index in [0.29, 0.717) is 12.6 Å². The van der Waals surface area contributed by atoms with Gasteiger partial charge in [-0.25, -0.2) is 0 Å². The summed E-state index contributed by atoms with van der Waals surface area (Å²) in [5, 5.41) is 3.32. The molecule has 4 heteroatoms. The number of ether oxygens (including phenoxy) is 2. The molecule has 0 radical (unpaired) electrons. The van der Waals surface area contributed by atoms with Gasteiger partial charge in [-0.3, -0.25) is 0 Å². The minimum atomic E-state index is 0.694. The molecule has 0 amide bonds. The highest BCUT2D eigenvalue weighted by atomic mass is 16.5. The van der Waals surface area contributed by atoms with Crippen LogP contribution in [0.25, 0.3) is 0 Å². The van der Waals surface area contributed by atoms with E-state index in [2.05, 4.69) is 10.2 Å². The van der Waals surface area contributed by atoms with E-state index < -0.39 is 0 Å². The number of hydrogen-bond donors (Lipinski definition) is 1. The SMILES string of the molecule is CNC1CCN(CCCOCCOC)C1. The van der Waals surface area contributed by atoms with Crippen LogP contribution >= 0.6 is 0 Å². The van der Waals surface area contributed by atoms with Crippen molar-refractivity contribution >= 4 is 0 Å². The lowest BCUT2D eigenvalue weighted by molar-refractivity contribution is 0.0661. The molecule has 0 aromatic heterocycles. The third kappa shape index (κ3) is 5.47. The van der Waals surface area contributed by atoms with Crippen LogP contribution in [0.4, 0.5) is 0 Å². The van der Waals surface area contributed by atoms with Gasteiger partial charge < -0.3 is 19.7 Å². The van der Waals surface area contributed by atoms with E-state index >= 15 is 0 Å². The second-order valence-corrected chi connectivity index (χ2v) is 4.03. The lowest BCUT2D eigenvalue weighted by Gasteiger charge is -2.15. The maximum atomic E-state index is 5.42. The number of nitrogens with zero attached hydrogens (tertiary/aromatic N) is 1. The van der Waals surface area contributed by atoms with Crippen LogP contribution < -0.4 is 5.32 Å². The van der Waals surface area contributed by atoms with E-state index in [4.69, 9.17) is 9.47 Å². The zero-order chi connectivity index (χ0) is 10.9. The largest absolute Gasteiger partial charge is 0.382 e. The molecule has 0 saturated carbocycles. The summed E-state index contributed by atoms with van der Waals surface area (Å²) in [6.07, 6.45) is 2.40. The van der Waals surface area contributed by atoms with Crippen LogP contribution in [0.2, 0.25) is 0 Å². The molecule has 1 N–H and O–H groups in total. The monoisotopic (exact) mass is 216 g/mol. The number of hydrogen-bond acceptors (Lipinski definition) is 4. The first-order valence-electron chi connectivity index (χ1n) is 5.83. The molecule has 1 saturated heterocycles. The molecule has 0 aromatic carbocycles. The zero-order valence-corrected chi connectivity index (χ0v) is 10.00. The summed E-state index contributed by atoms with van der Waals surface area (Å²) >= 11 is 0. The Morgan fingerprint density at radius 2 is 2.20 bits per heavy atom. The Labute approximate surface area is 92.9 Å². The van der Waals surface area contributed by atoms with Crippen molar-refractivity contribution in [3.8, 4) is 0 Å². The summed E-state index contributed by atoms with van der Waals surface area (Å²) in [6.45, 7) is 5.84. The predicted molar refractivity (Wildman–Crippen MR) is 61.2 cm³/mol. The molecule has 90 valence electrons. The molecule has 1 aliphatic heterocycles. The van der Waals surface area contributed by atoms with E-state index in [1.165, 1.54) is 19.5 Å². The normalized spacial score (nSPS) is 22.4. The highest BCUT2D eigenvalue weighted by Gasteiger charge is 2.19. The maximum Gasteiger partial charge on any atom is 0.0700 e. The van der Waals surface area contributed by atoms with Gasteiger partial charge in [-0.15, -0.1) is 0 Å². The van der Waals surface area contributed by atoms with Crippen LogP contribution in [0, 0.1) is 0 Å². The zero-order valence-electron chi connectivity index (χ0n) is 10.00. The average molecular weight is 216 g/mol. The summed E-state index contributed by atoms with van der Waals surface area (Å²) < 4.78 is 10.3. The first-order valence-corrected chi connectivity index (χ1v) is 5.83. The first-order chi connectivity index (χ1) is 7.36. The second kappa shape index (κ2) is 8.05. The first kappa shape index (κ1) is 12.9. The highest BCUT2D eigenvalue weighted by Crippen LogP contribution is 2.08. The lowest BCUT2D eigenvalue weighted by atomic mass is 10.3. The molecule has 1 rings (SSSR count). The molecule has 1 fully saturated rings. The summed E-state index contributed by atoms with van der Waals surface area (Å²) in [5.74, 6) is 0. The van der Waals surface area contributed by atoms with Gasteiger partial charge in [-0.1, -0.05) is 0 Å². The number of nitrogens with one attached hydrogen (secondary N) is 1. The number of rotatable bonds is 8. The summed E-state index contributed by atoms with van der Waals surface area (Å²) in [6, 6.07) is 0.694. The Hall–Kier alpha value is -0.160. The maximum absolute atomic E-state index is 5.42. The molecule has 0 aliphatic carbocycles. The molecule has 1 aliphatic rings. The molecular weight excluding hydrogens is 192 g/mol. The Bertz CT molecular complexity index is 156. The second-order valence-electron chi connectivity index (χ2n) is 4.03. The summed E-state index contributed by atoms with van der Waals surface area (Å²) in [5.41, 5.74) is 0. The Morgan fingerprint density at radius 1 is 1.33 bits per heavy atom. The number of likely N-dealkylation sites (N-methyl/N-ethyl adjacent to an activating group) is 1. The Balaban J connectivity index is 1.88. The van der Waals surface area contributed by atoms with Gasteiger partial charge in [-0.2, -0.15) is 0 Å². The van der Waals surface area contributed by atoms with Crippen LogP contribution in [-0.4, -0.2) is 64.6 Å². The van der Waals surface area contributed by atoms with Crippen molar-refractivity contribution in [2.75, 3.05) is 53.6 Å². The molecule has 1 heterocycles. The topological polar surface area (TPSA) is 33.7 Å². The lowest BCUT2D eigenvalue weighted by Crippen LogP contribution is -2.30. The van der Waals surface area contributed by atoms with E-state index in [9.17, 15) is 0 Å². The van der Waals surface area contributed by atoms with Gasteiger partial charge in [-0.05, 0) is 26.4 Å². The van der Waals surface area contributed by atoms with Crippen LogP contribution in [0.15, 0.2) is 0 Å². The van der Waals surface area contributed by atoms with Gasteiger partial charge in [0.25, 0.3) is 0 Å². The van der Waals surface area contributed by atoms with E-state index in [0.717, 1.165) is 26.2 Å². The van der Waals surface area contributed by atoms with Crippen molar-refractivity contribution in [1.82, 2.24) is 10.2 Å². The van der Waals surface area contributed by atoms with E-state index in [-0.39, 0.29) is 0 Å². The van der Waals surface area contributed by atoms with E-state index in [1.807, 2.05) is 7.05 Å². The fourth-order valence-electron chi connectivity index (χ4n) is 1.91. The van der Waals surface area contributed by atoms with Gasteiger partial charge in [0.1, 0.15) is 0 Å². The highest BCUT2D eigenvalue weighted by molar-refractivity contribution is 4.79. The van der Waals surface area contributed by atoms with Gasteiger partial charge >= 0.3 is 0 Å². The standard InChI is InChI=1S/C11H24N2O2/c1-12-11-4-6-13(10-11)5-3-7-15-9-8-14-2/h11-12H,3-10H2,1-2H3. The quantitative estimate of drug-likeness (QED) is 0.593. The average Bonchev–Trinajstić information content (AvgIpc) is 2.71. The minimum absolute atomic E-state index is 0.694. The fourth-order valence-corrected chi connectivity index (χ4v) is 1.91. The molecule has 0 spiro atoms. The van der Waals surface area contributed by atoms with Crippen LogP contribution in [0.3, 0.4) is 0 Å². The van der Waals surface area contributed by atoms with Crippen molar-refractivity contribution in [2.45, 2.75) is 18.9 Å². The molecule has 1 atom stereocenters. The third-order valence-corrected chi connectivity index (χ3v) is 2.88. The number of likely N-dealkylation sites (tertiary alicyclic amines) is 1. The van der Waals surface area contributed by atoms with Crippen molar-refractivity contribution < 1.29 is 9.47 Å². The molecular formula is C11H24N2O2. The third-order valence-electron chi connectivity index (χ3n) is 2.88. The smallest absolute Gasteiger partial charge is 0.0700 e. The van der Waals surface area contributed by atoms with Gasteiger partial charge in [0.15, 0.2) is 0 Å². The Kier molecular flexibility index (Phi) is 6.92.